The summed E-state index contributed by atoms with van der Waals surface area (Å²) in [4.78, 5) is 16.1. The molecule has 17 heavy (non-hydrogen) atoms. The van der Waals surface area contributed by atoms with Gasteiger partial charge in [0.05, 0.1) is 6.04 Å². The van der Waals surface area contributed by atoms with Gasteiger partial charge in [-0.3, -0.25) is 4.79 Å². The molecule has 5 heteroatoms. The topological polar surface area (TPSA) is 61.6 Å². The van der Waals surface area contributed by atoms with Gasteiger partial charge in [0.2, 0.25) is 5.91 Å². The Bertz CT molecular complexity index is 227. The summed E-state index contributed by atoms with van der Waals surface area (Å²) in [7, 11) is 0. The lowest BCUT2D eigenvalue weighted by atomic mass is 10.1. The molecule has 1 fully saturated rings. The van der Waals surface area contributed by atoms with Crippen molar-refractivity contribution in [2.24, 2.45) is 5.73 Å². The van der Waals surface area contributed by atoms with Gasteiger partial charge in [0.25, 0.3) is 0 Å². The van der Waals surface area contributed by atoms with E-state index >= 15 is 0 Å². The Labute approximate surface area is 104 Å². The van der Waals surface area contributed by atoms with Crippen molar-refractivity contribution in [3.63, 3.8) is 0 Å². The van der Waals surface area contributed by atoms with Crippen molar-refractivity contribution in [2.45, 2.75) is 26.3 Å². The van der Waals surface area contributed by atoms with Crippen LogP contribution in [-0.4, -0.2) is 67.6 Å². The van der Waals surface area contributed by atoms with Crippen LogP contribution in [0.15, 0.2) is 0 Å². The van der Waals surface area contributed by atoms with Gasteiger partial charge >= 0.3 is 0 Å². The highest BCUT2D eigenvalue weighted by atomic mass is 16.1. The maximum atomic E-state index is 11.2. The Morgan fingerprint density at radius 1 is 1.24 bits per heavy atom. The number of carbonyl (C=O) groups is 1. The van der Waals surface area contributed by atoms with Crippen LogP contribution in [0.3, 0.4) is 0 Å². The van der Waals surface area contributed by atoms with Crippen molar-refractivity contribution in [2.75, 3.05) is 45.8 Å². The third kappa shape index (κ3) is 5.02. The largest absolute Gasteiger partial charge is 0.368 e. The molecule has 1 amide bonds. The number of piperazine rings is 1. The quantitative estimate of drug-likeness (QED) is 0.630. The molecular formula is C12H26N4O. The molecule has 1 atom stereocenters. The number of carbonyl (C=O) groups excluding carboxylic acids is 1. The Balaban J connectivity index is 2.23. The SMILES string of the molecule is CCNC(CCN1CCN(CC)CC1)C(N)=O. The number of nitrogens with one attached hydrogen (secondary N) is 1. The lowest BCUT2D eigenvalue weighted by molar-refractivity contribution is -0.120. The Morgan fingerprint density at radius 3 is 2.29 bits per heavy atom. The van der Waals surface area contributed by atoms with Gasteiger partial charge in [-0.2, -0.15) is 0 Å². The predicted molar refractivity (Wildman–Crippen MR) is 69.8 cm³/mol. The highest BCUT2D eigenvalue weighted by Crippen LogP contribution is 2.03. The number of rotatable bonds is 7. The lowest BCUT2D eigenvalue weighted by Gasteiger charge is -2.34. The van der Waals surface area contributed by atoms with Gasteiger partial charge in [-0.25, -0.2) is 0 Å². The Morgan fingerprint density at radius 2 is 1.82 bits per heavy atom. The zero-order valence-corrected chi connectivity index (χ0v) is 11.1. The van der Waals surface area contributed by atoms with Crippen LogP contribution < -0.4 is 11.1 Å². The molecule has 0 aromatic carbocycles. The van der Waals surface area contributed by atoms with Gasteiger partial charge in [0.1, 0.15) is 0 Å². The maximum absolute atomic E-state index is 11.2. The van der Waals surface area contributed by atoms with Crippen molar-refractivity contribution in [3.8, 4) is 0 Å². The smallest absolute Gasteiger partial charge is 0.234 e. The monoisotopic (exact) mass is 242 g/mol. The molecule has 0 aliphatic carbocycles. The maximum Gasteiger partial charge on any atom is 0.234 e. The Hall–Kier alpha value is -0.650. The van der Waals surface area contributed by atoms with Gasteiger partial charge in [0.15, 0.2) is 0 Å². The van der Waals surface area contributed by atoms with Crippen molar-refractivity contribution < 1.29 is 4.79 Å². The first-order valence-corrected chi connectivity index (χ1v) is 6.64. The second kappa shape index (κ2) is 7.63. The average molecular weight is 242 g/mol. The first-order chi connectivity index (χ1) is 8.17. The highest BCUT2D eigenvalue weighted by molar-refractivity contribution is 5.79. The summed E-state index contributed by atoms with van der Waals surface area (Å²) in [6, 6.07) is -0.177. The molecule has 1 aliphatic heterocycles. The van der Waals surface area contributed by atoms with Crippen LogP contribution >= 0.6 is 0 Å². The van der Waals surface area contributed by atoms with E-state index in [1.54, 1.807) is 0 Å². The minimum atomic E-state index is -0.237. The molecule has 1 saturated heterocycles. The molecule has 3 N–H and O–H groups in total. The molecule has 0 spiro atoms. The van der Waals surface area contributed by atoms with Gasteiger partial charge in [-0.15, -0.1) is 0 Å². The van der Waals surface area contributed by atoms with Crippen LogP contribution in [0.4, 0.5) is 0 Å². The first-order valence-electron chi connectivity index (χ1n) is 6.64. The van der Waals surface area contributed by atoms with Gasteiger partial charge in [-0.05, 0) is 19.5 Å². The number of nitrogens with two attached hydrogens (primary N) is 1. The third-order valence-corrected chi connectivity index (χ3v) is 3.44. The lowest BCUT2D eigenvalue weighted by Crippen LogP contribution is -2.48. The molecular weight excluding hydrogens is 216 g/mol. The molecule has 0 radical (unpaired) electrons. The summed E-state index contributed by atoms with van der Waals surface area (Å²) in [5.41, 5.74) is 5.35. The molecule has 5 nitrogen and oxygen atoms in total. The number of amides is 1. The standard InChI is InChI=1S/C12H26N4O/c1-3-14-11(12(13)17)5-6-16-9-7-15(4-2)8-10-16/h11,14H,3-10H2,1-2H3,(H2,13,17). The minimum absolute atomic E-state index is 0.177. The van der Waals surface area contributed by atoms with Crippen molar-refractivity contribution in [3.05, 3.63) is 0 Å². The average Bonchev–Trinajstić information content (AvgIpc) is 2.34. The zero-order chi connectivity index (χ0) is 12.7. The van der Waals surface area contributed by atoms with Crippen LogP contribution in [0.25, 0.3) is 0 Å². The number of hydrogen-bond donors (Lipinski definition) is 2. The van der Waals surface area contributed by atoms with Crippen LogP contribution in [0.1, 0.15) is 20.3 Å². The fraction of sp³-hybridized carbons (Fsp3) is 0.917. The summed E-state index contributed by atoms with van der Waals surface area (Å²) in [5.74, 6) is -0.237. The summed E-state index contributed by atoms with van der Waals surface area (Å²) < 4.78 is 0. The first kappa shape index (κ1) is 14.4. The third-order valence-electron chi connectivity index (χ3n) is 3.44. The van der Waals surface area contributed by atoms with E-state index in [-0.39, 0.29) is 11.9 Å². The predicted octanol–water partition coefficient (Wildman–Crippen LogP) is -0.523. The zero-order valence-electron chi connectivity index (χ0n) is 11.1. The van der Waals surface area contributed by atoms with E-state index in [0.29, 0.717) is 0 Å². The van der Waals surface area contributed by atoms with Gasteiger partial charge in [-0.1, -0.05) is 13.8 Å². The van der Waals surface area contributed by atoms with Crippen LogP contribution in [-0.2, 0) is 4.79 Å². The molecule has 1 heterocycles. The molecule has 0 saturated carbocycles. The van der Waals surface area contributed by atoms with E-state index in [1.807, 2.05) is 6.92 Å². The Kier molecular flexibility index (Phi) is 6.47. The van der Waals surface area contributed by atoms with E-state index < -0.39 is 0 Å². The summed E-state index contributed by atoms with van der Waals surface area (Å²) in [6.45, 7) is 11.6. The van der Waals surface area contributed by atoms with Crippen molar-refractivity contribution in [1.29, 1.82) is 0 Å². The summed E-state index contributed by atoms with van der Waals surface area (Å²) in [6.07, 6.45) is 0.815. The summed E-state index contributed by atoms with van der Waals surface area (Å²) in [5, 5.41) is 3.13. The highest BCUT2D eigenvalue weighted by Gasteiger charge is 2.18. The van der Waals surface area contributed by atoms with Crippen LogP contribution in [0.2, 0.25) is 0 Å². The van der Waals surface area contributed by atoms with Crippen molar-refractivity contribution >= 4 is 5.91 Å². The van der Waals surface area contributed by atoms with E-state index in [2.05, 4.69) is 22.0 Å². The van der Waals surface area contributed by atoms with E-state index in [9.17, 15) is 4.79 Å². The molecule has 1 aliphatic rings. The van der Waals surface area contributed by atoms with E-state index in [4.69, 9.17) is 5.73 Å². The number of hydrogen-bond acceptors (Lipinski definition) is 4. The second-order valence-corrected chi connectivity index (χ2v) is 4.58. The molecule has 0 bridgehead atoms. The summed E-state index contributed by atoms with van der Waals surface area (Å²) >= 11 is 0. The van der Waals surface area contributed by atoms with E-state index in [0.717, 1.165) is 52.2 Å². The van der Waals surface area contributed by atoms with Crippen LogP contribution in [0, 0.1) is 0 Å². The van der Waals surface area contributed by atoms with Crippen LogP contribution in [0.5, 0.6) is 0 Å². The minimum Gasteiger partial charge on any atom is -0.368 e. The van der Waals surface area contributed by atoms with Gasteiger partial charge < -0.3 is 20.9 Å². The molecule has 0 aromatic rings. The molecule has 1 unspecified atom stereocenters. The fourth-order valence-corrected chi connectivity index (χ4v) is 2.23. The second-order valence-electron chi connectivity index (χ2n) is 4.58. The number of likely N-dealkylation sites (N-methyl/N-ethyl adjacent to an activating group) is 2. The molecule has 100 valence electrons. The van der Waals surface area contributed by atoms with E-state index in [1.165, 1.54) is 0 Å². The number of primary amides is 1. The number of nitrogens with zero attached hydrogens (tertiary/aromatic N) is 2. The fourth-order valence-electron chi connectivity index (χ4n) is 2.23. The molecule has 1 rings (SSSR count). The van der Waals surface area contributed by atoms with Gasteiger partial charge in [0, 0.05) is 32.7 Å². The normalized spacial score (nSPS) is 20.4. The molecule has 0 aromatic heterocycles. The van der Waals surface area contributed by atoms with Crippen molar-refractivity contribution in [1.82, 2.24) is 15.1 Å².